The van der Waals surface area contributed by atoms with Crippen molar-refractivity contribution in [2.24, 2.45) is 5.73 Å². The maximum Gasteiger partial charge on any atom is 0.275 e. The van der Waals surface area contributed by atoms with Crippen LogP contribution in [0.5, 0.6) is 0 Å². The van der Waals surface area contributed by atoms with Crippen LogP contribution in [0.4, 0.5) is 4.79 Å². The number of tetrazole rings is 1. The van der Waals surface area contributed by atoms with Gasteiger partial charge in [0.1, 0.15) is 10.8 Å². The van der Waals surface area contributed by atoms with E-state index in [4.69, 9.17) is 5.73 Å². The highest BCUT2D eigenvalue weighted by molar-refractivity contribution is 8.11. The quantitative estimate of drug-likeness (QED) is 0.370. The van der Waals surface area contributed by atoms with Gasteiger partial charge in [-0.1, -0.05) is 11.8 Å². The molecule has 4 heterocycles. The van der Waals surface area contributed by atoms with E-state index >= 15 is 0 Å². The fourth-order valence-electron chi connectivity index (χ4n) is 2.59. The molecular weight excluding hydrogens is 354 g/mol. The first kappa shape index (κ1) is 15.4. The maximum atomic E-state index is 11.8. The van der Waals surface area contributed by atoms with Crippen molar-refractivity contribution < 1.29 is 14.7 Å². The molecule has 0 bridgehead atoms. The fourth-order valence-corrected chi connectivity index (χ4v) is 5.50. The van der Waals surface area contributed by atoms with E-state index in [0.717, 1.165) is 5.57 Å². The van der Waals surface area contributed by atoms with Crippen molar-refractivity contribution in [3.8, 4) is 0 Å². The Morgan fingerprint density at radius 2 is 2.33 bits per heavy atom. The summed E-state index contributed by atoms with van der Waals surface area (Å²) in [5.74, 6) is 0.586. The number of β-lactam (4-membered cyclic amide) rings is 1. The van der Waals surface area contributed by atoms with Crippen molar-refractivity contribution in [2.45, 2.75) is 16.4 Å². The number of hydrogen-bond acceptors (Lipinski definition) is 9. The van der Waals surface area contributed by atoms with Gasteiger partial charge in [-0.2, -0.15) is 0 Å². The number of hydrogen-bond donors (Lipinski definition) is 1. The molecule has 12 heteroatoms. The van der Waals surface area contributed by atoms with Crippen molar-refractivity contribution in [1.82, 2.24) is 30.2 Å². The number of amides is 1. The molecule has 2 unspecified atom stereocenters. The Bertz CT molecular complexity index is 869. The maximum absolute atomic E-state index is 11.8. The molecule has 2 aromatic rings. The van der Waals surface area contributed by atoms with Crippen molar-refractivity contribution in [3.63, 3.8) is 0 Å². The number of carbonyl (C=O) groups excluding carboxylic acids is 2. The van der Waals surface area contributed by atoms with Crippen molar-refractivity contribution >= 4 is 39.5 Å². The molecule has 0 saturated carbocycles. The van der Waals surface area contributed by atoms with Crippen molar-refractivity contribution in [2.75, 3.05) is 11.5 Å². The van der Waals surface area contributed by atoms with Crippen LogP contribution in [0.1, 0.15) is 0 Å². The minimum atomic E-state index is -1.16. The minimum absolute atomic E-state index is 0.255. The standard InChI is InChI=1S/C12H11N7O3S2/c13-9-10(20)18-3-6(5-24(11(9)18)12(21)22)4-23-8-2-1-7-14-16-17-19(7)15-8/h1-3,9,11H,4-5,13H2/t9?,11-,24?/m1/s1. The highest BCUT2D eigenvalue weighted by Crippen LogP contribution is 2.33. The lowest BCUT2D eigenvalue weighted by Crippen LogP contribution is -2.72. The summed E-state index contributed by atoms with van der Waals surface area (Å²) in [4.78, 5) is 24.6. The SMILES string of the molecule is NC1C(=O)N2C=C(CSc3ccc4nnnn4n3)C[S+](C(=O)[O-])[C@H]12. The van der Waals surface area contributed by atoms with E-state index in [-0.39, 0.29) is 5.91 Å². The Labute approximate surface area is 142 Å². The largest absolute Gasteiger partial charge is 0.504 e. The van der Waals surface area contributed by atoms with Crippen LogP contribution in [0.15, 0.2) is 28.9 Å². The molecule has 2 aliphatic heterocycles. The lowest BCUT2D eigenvalue weighted by molar-refractivity contribution is -0.233. The van der Waals surface area contributed by atoms with Gasteiger partial charge in [0.2, 0.25) is 5.37 Å². The lowest BCUT2D eigenvalue weighted by atomic mass is 10.1. The summed E-state index contributed by atoms with van der Waals surface area (Å²) in [6.45, 7) is 0. The van der Waals surface area contributed by atoms with Gasteiger partial charge >= 0.3 is 0 Å². The number of rotatable bonds is 3. The van der Waals surface area contributed by atoms with Crippen LogP contribution < -0.4 is 10.8 Å². The van der Waals surface area contributed by atoms with E-state index < -0.39 is 27.6 Å². The average molecular weight is 365 g/mol. The monoisotopic (exact) mass is 365 g/mol. The van der Waals surface area contributed by atoms with Crippen LogP contribution in [-0.4, -0.2) is 64.3 Å². The molecule has 1 fully saturated rings. The number of fused-ring (bicyclic) bond motifs is 2. The predicted octanol–water partition coefficient (Wildman–Crippen LogP) is -2.03. The molecule has 0 spiro atoms. The fraction of sp³-hybridized carbons (Fsp3) is 0.333. The molecule has 10 nitrogen and oxygen atoms in total. The van der Waals surface area contributed by atoms with E-state index in [2.05, 4.69) is 20.6 Å². The van der Waals surface area contributed by atoms with Gasteiger partial charge in [-0.15, -0.1) is 14.8 Å². The van der Waals surface area contributed by atoms with E-state index in [1.165, 1.54) is 21.3 Å². The van der Waals surface area contributed by atoms with Gasteiger partial charge < -0.3 is 15.6 Å². The molecular formula is C12H11N7O3S2. The highest BCUT2D eigenvalue weighted by Gasteiger charge is 2.58. The summed E-state index contributed by atoms with van der Waals surface area (Å²) in [5, 5.41) is 25.7. The second-order valence-corrected chi connectivity index (χ2v) is 8.22. The summed E-state index contributed by atoms with van der Waals surface area (Å²) in [6.07, 6.45) is 1.70. The van der Waals surface area contributed by atoms with Crippen LogP contribution >= 0.6 is 11.8 Å². The molecule has 2 aliphatic rings. The first-order valence-electron chi connectivity index (χ1n) is 6.91. The van der Waals surface area contributed by atoms with Gasteiger partial charge in [-0.25, -0.2) is 0 Å². The number of aromatic nitrogens is 5. The average Bonchev–Trinajstić information content (AvgIpc) is 3.06. The molecule has 2 N–H and O–H groups in total. The molecule has 1 amide bonds. The molecule has 4 rings (SSSR count). The molecule has 0 aromatic carbocycles. The summed E-state index contributed by atoms with van der Waals surface area (Å²) < 4.78 is 1.32. The first-order chi connectivity index (χ1) is 11.5. The number of nitrogens with two attached hydrogens (primary N) is 1. The van der Waals surface area contributed by atoms with E-state index in [1.807, 2.05) is 0 Å². The van der Waals surface area contributed by atoms with Crippen molar-refractivity contribution in [3.05, 3.63) is 23.9 Å². The number of thioether (sulfide) groups is 1. The predicted molar refractivity (Wildman–Crippen MR) is 83.6 cm³/mol. The third-order valence-corrected chi connectivity index (χ3v) is 6.98. The Morgan fingerprint density at radius 3 is 3.12 bits per heavy atom. The second-order valence-electron chi connectivity index (χ2n) is 5.26. The number of carboxylic acid groups (broad SMARTS) is 1. The Hall–Kier alpha value is -2.18. The van der Waals surface area contributed by atoms with E-state index in [9.17, 15) is 14.7 Å². The Kier molecular flexibility index (Phi) is 3.66. The zero-order chi connectivity index (χ0) is 16.8. The van der Waals surface area contributed by atoms with Gasteiger partial charge in [0, 0.05) is 17.5 Å². The van der Waals surface area contributed by atoms with Crippen molar-refractivity contribution in [1.29, 1.82) is 0 Å². The molecule has 0 aliphatic carbocycles. The zero-order valence-corrected chi connectivity index (χ0v) is 13.7. The van der Waals surface area contributed by atoms with Crippen LogP contribution in [0.25, 0.3) is 5.65 Å². The van der Waals surface area contributed by atoms with Crippen LogP contribution in [0.2, 0.25) is 0 Å². The highest BCUT2D eigenvalue weighted by atomic mass is 32.2. The number of carbonyl (C=O) groups is 2. The number of nitrogens with zero attached hydrogens (tertiary/aromatic N) is 6. The van der Waals surface area contributed by atoms with E-state index in [1.54, 1.807) is 18.3 Å². The van der Waals surface area contributed by atoms with Gasteiger partial charge in [-0.3, -0.25) is 9.69 Å². The van der Waals surface area contributed by atoms with Gasteiger partial charge in [-0.05, 0) is 22.6 Å². The van der Waals surface area contributed by atoms with Crippen LogP contribution in [0, 0.1) is 0 Å². The summed E-state index contributed by atoms with van der Waals surface area (Å²) in [6, 6.07) is 2.77. The van der Waals surface area contributed by atoms with Crippen LogP contribution in [-0.2, 0) is 15.7 Å². The molecule has 2 aromatic heterocycles. The summed E-state index contributed by atoms with van der Waals surface area (Å²) in [5.41, 5.74) is 7.09. The molecule has 124 valence electrons. The molecule has 3 atom stereocenters. The third-order valence-electron chi connectivity index (χ3n) is 3.74. The van der Waals surface area contributed by atoms with E-state index in [0.29, 0.717) is 22.2 Å². The van der Waals surface area contributed by atoms with Crippen LogP contribution in [0.3, 0.4) is 0 Å². The second kappa shape index (κ2) is 5.72. The van der Waals surface area contributed by atoms with Gasteiger partial charge in [0.05, 0.1) is 10.9 Å². The third kappa shape index (κ3) is 2.42. The zero-order valence-electron chi connectivity index (χ0n) is 12.1. The minimum Gasteiger partial charge on any atom is -0.504 e. The summed E-state index contributed by atoms with van der Waals surface area (Å²) >= 11 is 1.41. The topological polar surface area (TPSA) is 142 Å². The molecule has 1 saturated heterocycles. The first-order valence-corrected chi connectivity index (χ1v) is 9.35. The Morgan fingerprint density at radius 1 is 1.50 bits per heavy atom. The van der Waals surface area contributed by atoms with Gasteiger partial charge in [0.15, 0.2) is 11.7 Å². The molecule has 0 radical (unpaired) electrons. The Balaban J connectivity index is 1.50. The summed E-state index contributed by atoms with van der Waals surface area (Å²) in [7, 11) is -1.09. The van der Waals surface area contributed by atoms with Gasteiger partial charge in [0.25, 0.3) is 11.2 Å². The smallest absolute Gasteiger partial charge is 0.275 e. The molecule has 24 heavy (non-hydrogen) atoms. The normalized spacial score (nSPS) is 26.0. The lowest BCUT2D eigenvalue weighted by Gasteiger charge is -2.43.